The lowest BCUT2D eigenvalue weighted by Crippen LogP contribution is -2.00. The Balaban J connectivity index is 1.36. The molecule has 202 valence electrons. The van der Waals surface area contributed by atoms with Crippen molar-refractivity contribution in [3.05, 3.63) is 152 Å². The molecule has 0 saturated carbocycles. The molecule has 0 N–H and O–H groups in total. The maximum Gasteiger partial charge on any atom is 0.164 e. The number of fused-ring (bicyclic) bond motifs is 3. The van der Waals surface area contributed by atoms with E-state index in [1.165, 1.54) is 42.4 Å². The summed E-state index contributed by atoms with van der Waals surface area (Å²) in [5.74, 6) is 1.99. The van der Waals surface area contributed by atoms with Crippen molar-refractivity contribution in [2.24, 2.45) is 0 Å². The first-order chi connectivity index (χ1) is 21.3. The summed E-state index contributed by atoms with van der Waals surface area (Å²) in [6, 6.07) is 52.8. The van der Waals surface area contributed by atoms with Crippen molar-refractivity contribution in [1.29, 1.82) is 0 Å². The molecule has 0 aliphatic carbocycles. The summed E-state index contributed by atoms with van der Waals surface area (Å²) >= 11 is 1.84. The van der Waals surface area contributed by atoms with E-state index in [1.807, 2.05) is 72.0 Å². The third-order valence-electron chi connectivity index (χ3n) is 7.72. The molecule has 0 bridgehead atoms. The first-order valence-electron chi connectivity index (χ1n) is 14.3. The van der Waals surface area contributed by atoms with Gasteiger partial charge in [-0.1, -0.05) is 121 Å². The molecule has 8 aromatic rings. The maximum atomic E-state index is 4.98. The highest BCUT2D eigenvalue weighted by atomic mass is 32.1. The van der Waals surface area contributed by atoms with E-state index >= 15 is 0 Å². The lowest BCUT2D eigenvalue weighted by atomic mass is 9.96. The van der Waals surface area contributed by atoms with E-state index < -0.39 is 0 Å². The Labute approximate surface area is 253 Å². The largest absolute Gasteiger partial charge is 0.208 e. The molecular weight excluding hydrogens is 543 g/mol. The van der Waals surface area contributed by atoms with Crippen LogP contribution in [-0.2, 0) is 0 Å². The molecule has 2 aromatic heterocycles. The standard InChI is InChI=1S/C39H25N3S/c1-5-13-26(14-6-1)31-24-32(27-15-7-2-8-16-27)36-34(25-31)33-23-30(21-22-35(33)43-36)39-41-37(28-17-9-3-10-18-28)40-38(42-39)29-19-11-4-12-20-29/h1-25H. The SMILES string of the molecule is c1ccc(-c2cc(-c3ccccc3)c3sc4ccc(-c5nc(-c6ccccc6)nc(-c6ccccc6)n5)cc4c3c2)cc1. The molecular formula is C39H25N3S. The highest BCUT2D eigenvalue weighted by molar-refractivity contribution is 7.26. The molecule has 6 aromatic carbocycles. The fraction of sp³-hybridized carbons (Fsp3) is 0. The van der Waals surface area contributed by atoms with Crippen LogP contribution in [0, 0.1) is 0 Å². The van der Waals surface area contributed by atoms with E-state index in [9.17, 15) is 0 Å². The summed E-state index contributed by atoms with van der Waals surface area (Å²) in [6.07, 6.45) is 0. The Morgan fingerprint density at radius 2 is 0.814 bits per heavy atom. The summed E-state index contributed by atoms with van der Waals surface area (Å²) < 4.78 is 2.52. The number of hydrogen-bond acceptors (Lipinski definition) is 4. The summed E-state index contributed by atoms with van der Waals surface area (Å²) in [4.78, 5) is 14.8. The number of thiophene rings is 1. The lowest BCUT2D eigenvalue weighted by molar-refractivity contribution is 1.07. The molecule has 0 saturated heterocycles. The first-order valence-corrected chi connectivity index (χ1v) is 15.1. The molecule has 2 heterocycles. The minimum Gasteiger partial charge on any atom is -0.208 e. The van der Waals surface area contributed by atoms with Crippen LogP contribution in [0.15, 0.2) is 152 Å². The van der Waals surface area contributed by atoms with Crippen molar-refractivity contribution < 1.29 is 0 Å². The van der Waals surface area contributed by atoms with Gasteiger partial charge in [0, 0.05) is 42.4 Å². The number of nitrogens with zero attached hydrogens (tertiary/aromatic N) is 3. The number of hydrogen-bond donors (Lipinski definition) is 0. The zero-order chi connectivity index (χ0) is 28.6. The van der Waals surface area contributed by atoms with E-state index in [2.05, 4.69) is 91.0 Å². The Bertz CT molecular complexity index is 2150. The highest BCUT2D eigenvalue weighted by Gasteiger charge is 2.17. The second kappa shape index (κ2) is 10.8. The fourth-order valence-electron chi connectivity index (χ4n) is 5.58. The maximum absolute atomic E-state index is 4.98. The van der Waals surface area contributed by atoms with Gasteiger partial charge in [-0.15, -0.1) is 11.3 Å². The van der Waals surface area contributed by atoms with Crippen molar-refractivity contribution in [3.8, 4) is 56.4 Å². The zero-order valence-electron chi connectivity index (χ0n) is 23.2. The van der Waals surface area contributed by atoms with E-state index in [-0.39, 0.29) is 0 Å². The van der Waals surface area contributed by atoms with Gasteiger partial charge in [0.1, 0.15) is 0 Å². The zero-order valence-corrected chi connectivity index (χ0v) is 24.0. The summed E-state index contributed by atoms with van der Waals surface area (Å²) in [5.41, 5.74) is 7.77. The third-order valence-corrected chi connectivity index (χ3v) is 8.94. The minimum absolute atomic E-state index is 0.663. The highest BCUT2D eigenvalue weighted by Crippen LogP contribution is 2.43. The van der Waals surface area contributed by atoms with Crippen LogP contribution in [-0.4, -0.2) is 15.0 Å². The normalized spacial score (nSPS) is 11.3. The molecule has 0 amide bonds. The van der Waals surface area contributed by atoms with Crippen molar-refractivity contribution in [1.82, 2.24) is 15.0 Å². The average molecular weight is 568 g/mol. The van der Waals surface area contributed by atoms with Gasteiger partial charge in [-0.25, -0.2) is 15.0 Å². The van der Waals surface area contributed by atoms with Crippen LogP contribution in [0.25, 0.3) is 76.6 Å². The second-order valence-electron chi connectivity index (χ2n) is 10.5. The van der Waals surface area contributed by atoms with E-state index in [4.69, 9.17) is 15.0 Å². The van der Waals surface area contributed by atoms with Crippen LogP contribution < -0.4 is 0 Å². The van der Waals surface area contributed by atoms with Crippen molar-refractivity contribution in [2.45, 2.75) is 0 Å². The van der Waals surface area contributed by atoms with Gasteiger partial charge >= 0.3 is 0 Å². The molecule has 0 spiro atoms. The number of rotatable bonds is 5. The van der Waals surface area contributed by atoms with Crippen molar-refractivity contribution in [3.63, 3.8) is 0 Å². The van der Waals surface area contributed by atoms with Gasteiger partial charge in [-0.05, 0) is 47.0 Å². The quantitative estimate of drug-likeness (QED) is 0.208. The van der Waals surface area contributed by atoms with E-state index in [1.54, 1.807) is 0 Å². The van der Waals surface area contributed by atoms with Crippen LogP contribution in [0.1, 0.15) is 0 Å². The van der Waals surface area contributed by atoms with Gasteiger partial charge in [0.05, 0.1) is 0 Å². The van der Waals surface area contributed by atoms with Crippen LogP contribution in [0.5, 0.6) is 0 Å². The van der Waals surface area contributed by atoms with Crippen molar-refractivity contribution >= 4 is 31.5 Å². The molecule has 0 atom stereocenters. The van der Waals surface area contributed by atoms with Crippen LogP contribution >= 0.6 is 11.3 Å². The average Bonchev–Trinajstić information content (AvgIpc) is 3.47. The Morgan fingerprint density at radius 1 is 0.349 bits per heavy atom. The molecule has 3 nitrogen and oxygen atoms in total. The predicted molar refractivity (Wildman–Crippen MR) is 180 cm³/mol. The minimum atomic E-state index is 0.663. The topological polar surface area (TPSA) is 38.7 Å². The van der Waals surface area contributed by atoms with Gasteiger partial charge in [-0.3, -0.25) is 0 Å². The van der Waals surface area contributed by atoms with Gasteiger partial charge in [-0.2, -0.15) is 0 Å². The molecule has 0 fully saturated rings. The molecule has 4 heteroatoms. The number of benzene rings is 6. The monoisotopic (exact) mass is 567 g/mol. The second-order valence-corrected chi connectivity index (χ2v) is 11.5. The third kappa shape index (κ3) is 4.78. The Kier molecular flexibility index (Phi) is 6.32. The first kappa shape index (κ1) is 25.3. The van der Waals surface area contributed by atoms with Crippen LogP contribution in [0.3, 0.4) is 0 Å². The molecule has 0 aliphatic rings. The van der Waals surface area contributed by atoms with Crippen LogP contribution in [0.4, 0.5) is 0 Å². The molecule has 0 radical (unpaired) electrons. The van der Waals surface area contributed by atoms with Gasteiger partial charge in [0.2, 0.25) is 0 Å². The van der Waals surface area contributed by atoms with Crippen molar-refractivity contribution in [2.75, 3.05) is 0 Å². The van der Waals surface area contributed by atoms with Gasteiger partial charge in [0.25, 0.3) is 0 Å². The van der Waals surface area contributed by atoms with Gasteiger partial charge in [0.15, 0.2) is 17.5 Å². The van der Waals surface area contributed by atoms with Crippen LogP contribution in [0.2, 0.25) is 0 Å². The molecule has 0 unspecified atom stereocenters. The molecule has 43 heavy (non-hydrogen) atoms. The van der Waals surface area contributed by atoms with E-state index in [0.29, 0.717) is 17.5 Å². The summed E-state index contributed by atoms with van der Waals surface area (Å²) in [7, 11) is 0. The Hall–Kier alpha value is -5.45. The number of aromatic nitrogens is 3. The fourth-order valence-corrected chi connectivity index (χ4v) is 6.78. The predicted octanol–water partition coefficient (Wildman–Crippen LogP) is 10.6. The Morgan fingerprint density at radius 3 is 1.37 bits per heavy atom. The smallest absolute Gasteiger partial charge is 0.164 e. The molecule has 8 rings (SSSR count). The lowest BCUT2D eigenvalue weighted by Gasteiger charge is -2.09. The summed E-state index contributed by atoms with van der Waals surface area (Å²) in [6.45, 7) is 0. The van der Waals surface area contributed by atoms with Gasteiger partial charge < -0.3 is 0 Å². The van der Waals surface area contributed by atoms with E-state index in [0.717, 1.165) is 16.7 Å². The molecule has 0 aliphatic heterocycles. The summed E-state index contributed by atoms with van der Waals surface area (Å²) in [5, 5.41) is 2.44.